The zero-order chi connectivity index (χ0) is 10.0. The molecule has 0 spiro atoms. The van der Waals surface area contributed by atoms with Gasteiger partial charge in [0.05, 0.1) is 4.83 Å². The molecule has 1 unspecified atom stereocenters. The number of carbonyl (C=O) groups is 1. The van der Waals surface area contributed by atoms with Crippen LogP contribution < -0.4 is 0 Å². The fourth-order valence-corrected chi connectivity index (χ4v) is 2.64. The summed E-state index contributed by atoms with van der Waals surface area (Å²) in [6.45, 7) is 1.83. The lowest BCUT2D eigenvalue weighted by molar-refractivity contribution is 0.0995. The summed E-state index contributed by atoms with van der Waals surface area (Å²) in [5.74, 6) is 0.100. The average Bonchev–Trinajstić information content (AvgIpc) is 2.03. The van der Waals surface area contributed by atoms with Gasteiger partial charge in [0, 0.05) is 13.6 Å². The number of ketones is 1. The second-order valence-electron chi connectivity index (χ2n) is 2.60. The normalized spacial score (nSPS) is 12.6. The molecule has 1 atom stereocenters. The Morgan fingerprint density at radius 2 is 2.15 bits per heavy atom. The number of rotatable bonds is 2. The molecule has 0 heterocycles. The van der Waals surface area contributed by atoms with Crippen LogP contribution >= 0.6 is 54.5 Å². The fraction of sp³-hybridized carbons (Fsp3) is 0.222. The first-order valence-electron chi connectivity index (χ1n) is 3.65. The SMILES string of the molecule is CC(Br)C(=O)c1ccc(I)cc1Br. The topological polar surface area (TPSA) is 17.1 Å². The van der Waals surface area contributed by atoms with Gasteiger partial charge < -0.3 is 0 Å². The summed E-state index contributed by atoms with van der Waals surface area (Å²) in [7, 11) is 0. The number of carbonyl (C=O) groups excluding carboxylic acids is 1. The van der Waals surface area contributed by atoms with Crippen LogP contribution in [0.25, 0.3) is 0 Å². The van der Waals surface area contributed by atoms with Crippen molar-refractivity contribution < 1.29 is 4.79 Å². The molecule has 0 bridgehead atoms. The summed E-state index contributed by atoms with van der Waals surface area (Å²) in [5, 5.41) is 0. The zero-order valence-electron chi connectivity index (χ0n) is 6.85. The predicted molar refractivity (Wildman–Crippen MR) is 69.6 cm³/mol. The monoisotopic (exact) mass is 416 g/mol. The average molecular weight is 418 g/mol. The summed E-state index contributed by atoms with van der Waals surface area (Å²) >= 11 is 8.84. The Balaban J connectivity index is 3.09. The Kier molecular flexibility index (Phi) is 4.38. The van der Waals surface area contributed by atoms with Crippen LogP contribution in [-0.2, 0) is 0 Å². The van der Waals surface area contributed by atoms with Gasteiger partial charge in [-0.15, -0.1) is 0 Å². The third-order valence-corrected chi connectivity index (χ3v) is 3.30. The van der Waals surface area contributed by atoms with E-state index in [1.165, 1.54) is 0 Å². The van der Waals surface area contributed by atoms with Crippen LogP contribution in [-0.4, -0.2) is 10.6 Å². The fourth-order valence-electron chi connectivity index (χ4n) is 0.904. The van der Waals surface area contributed by atoms with Gasteiger partial charge in [0.1, 0.15) is 0 Å². The summed E-state index contributed by atoms with van der Waals surface area (Å²) in [5.41, 5.74) is 0.727. The number of hydrogen-bond donors (Lipinski definition) is 0. The van der Waals surface area contributed by atoms with Crippen molar-refractivity contribution in [2.24, 2.45) is 0 Å². The third kappa shape index (κ3) is 3.02. The number of hydrogen-bond acceptors (Lipinski definition) is 1. The van der Waals surface area contributed by atoms with Crippen LogP contribution in [0.15, 0.2) is 22.7 Å². The van der Waals surface area contributed by atoms with Gasteiger partial charge in [-0.05, 0) is 47.7 Å². The van der Waals surface area contributed by atoms with Gasteiger partial charge in [0.15, 0.2) is 5.78 Å². The van der Waals surface area contributed by atoms with Crippen molar-refractivity contribution in [3.63, 3.8) is 0 Å². The van der Waals surface area contributed by atoms with E-state index in [-0.39, 0.29) is 10.6 Å². The van der Waals surface area contributed by atoms with E-state index in [1.54, 1.807) is 0 Å². The summed E-state index contributed by atoms with van der Waals surface area (Å²) in [6, 6.07) is 5.70. The Labute approximate surface area is 108 Å². The molecule has 0 aliphatic heterocycles. The van der Waals surface area contributed by atoms with Gasteiger partial charge in [-0.1, -0.05) is 31.9 Å². The molecule has 1 aromatic carbocycles. The minimum Gasteiger partial charge on any atom is -0.293 e. The van der Waals surface area contributed by atoms with Crippen molar-refractivity contribution in [2.45, 2.75) is 11.8 Å². The molecule has 0 fully saturated rings. The second-order valence-corrected chi connectivity index (χ2v) is 6.08. The van der Waals surface area contributed by atoms with E-state index in [1.807, 2.05) is 25.1 Å². The molecule has 0 N–H and O–H groups in total. The van der Waals surface area contributed by atoms with Crippen LogP contribution in [0, 0.1) is 3.57 Å². The smallest absolute Gasteiger partial charge is 0.177 e. The summed E-state index contributed by atoms with van der Waals surface area (Å²) < 4.78 is 1.97. The lowest BCUT2D eigenvalue weighted by atomic mass is 10.1. The largest absolute Gasteiger partial charge is 0.293 e. The predicted octanol–water partition coefficient (Wildman–Crippen LogP) is 4.02. The highest BCUT2D eigenvalue weighted by molar-refractivity contribution is 14.1. The van der Waals surface area contributed by atoms with Gasteiger partial charge in [-0.3, -0.25) is 4.79 Å². The molecule has 0 saturated heterocycles. The summed E-state index contributed by atoms with van der Waals surface area (Å²) in [6.07, 6.45) is 0. The maximum absolute atomic E-state index is 11.6. The molecule has 13 heavy (non-hydrogen) atoms. The molecular formula is C9H7Br2IO. The van der Waals surface area contributed by atoms with E-state index in [2.05, 4.69) is 54.5 Å². The highest BCUT2D eigenvalue weighted by atomic mass is 127. The van der Waals surface area contributed by atoms with E-state index < -0.39 is 0 Å². The number of benzene rings is 1. The first kappa shape index (κ1) is 11.7. The van der Waals surface area contributed by atoms with Gasteiger partial charge in [0.2, 0.25) is 0 Å². The summed E-state index contributed by atoms with van der Waals surface area (Å²) in [4.78, 5) is 11.5. The van der Waals surface area contributed by atoms with Gasteiger partial charge in [-0.25, -0.2) is 0 Å². The lowest BCUT2D eigenvalue weighted by Crippen LogP contribution is -2.10. The van der Waals surface area contributed by atoms with E-state index in [0.29, 0.717) is 0 Å². The van der Waals surface area contributed by atoms with E-state index >= 15 is 0 Å². The Morgan fingerprint density at radius 3 is 2.62 bits per heavy atom. The molecule has 0 radical (unpaired) electrons. The minimum absolute atomic E-state index is 0.100. The van der Waals surface area contributed by atoms with Crippen molar-refractivity contribution >= 4 is 60.2 Å². The second kappa shape index (κ2) is 4.89. The molecule has 0 aliphatic rings. The van der Waals surface area contributed by atoms with Crippen molar-refractivity contribution in [1.82, 2.24) is 0 Å². The van der Waals surface area contributed by atoms with Gasteiger partial charge >= 0.3 is 0 Å². The van der Waals surface area contributed by atoms with Crippen LogP contribution in [0.2, 0.25) is 0 Å². The first-order valence-corrected chi connectivity index (χ1v) is 6.44. The Bertz CT molecular complexity index is 336. The molecule has 1 rings (SSSR count). The molecule has 0 aliphatic carbocycles. The molecule has 0 saturated carbocycles. The van der Waals surface area contributed by atoms with Crippen molar-refractivity contribution in [3.05, 3.63) is 31.8 Å². The maximum Gasteiger partial charge on any atom is 0.177 e. The van der Waals surface area contributed by atoms with Crippen LogP contribution in [0.4, 0.5) is 0 Å². The van der Waals surface area contributed by atoms with Crippen molar-refractivity contribution in [2.75, 3.05) is 0 Å². The first-order chi connectivity index (χ1) is 6.02. The molecule has 0 aromatic heterocycles. The third-order valence-electron chi connectivity index (χ3n) is 1.56. The molecular weight excluding hydrogens is 411 g/mol. The standard InChI is InChI=1S/C9H7Br2IO/c1-5(10)9(13)7-3-2-6(12)4-8(7)11/h2-5H,1H3. The van der Waals surface area contributed by atoms with Gasteiger partial charge in [-0.2, -0.15) is 0 Å². The number of Topliss-reactive ketones (excluding diaryl/α,β-unsaturated/α-hetero) is 1. The quantitative estimate of drug-likeness (QED) is 0.403. The van der Waals surface area contributed by atoms with Crippen LogP contribution in [0.3, 0.4) is 0 Å². The maximum atomic E-state index is 11.6. The highest BCUT2D eigenvalue weighted by Crippen LogP contribution is 2.22. The zero-order valence-corrected chi connectivity index (χ0v) is 12.2. The molecule has 0 amide bonds. The molecule has 1 nitrogen and oxygen atoms in total. The molecule has 1 aromatic rings. The van der Waals surface area contributed by atoms with Crippen molar-refractivity contribution in [3.8, 4) is 0 Å². The molecule has 4 heteroatoms. The minimum atomic E-state index is -0.135. The number of halogens is 3. The molecule has 70 valence electrons. The Hall–Kier alpha value is 0.580. The van der Waals surface area contributed by atoms with E-state index in [0.717, 1.165) is 13.6 Å². The highest BCUT2D eigenvalue weighted by Gasteiger charge is 2.14. The van der Waals surface area contributed by atoms with E-state index in [4.69, 9.17) is 0 Å². The number of alkyl halides is 1. The van der Waals surface area contributed by atoms with Crippen LogP contribution in [0.5, 0.6) is 0 Å². The van der Waals surface area contributed by atoms with Crippen LogP contribution in [0.1, 0.15) is 17.3 Å². The van der Waals surface area contributed by atoms with E-state index in [9.17, 15) is 4.79 Å². The van der Waals surface area contributed by atoms with Crippen molar-refractivity contribution in [1.29, 1.82) is 0 Å². The lowest BCUT2D eigenvalue weighted by Gasteiger charge is -2.05. The van der Waals surface area contributed by atoms with Gasteiger partial charge in [0.25, 0.3) is 0 Å². The Morgan fingerprint density at radius 1 is 1.54 bits per heavy atom.